The monoisotopic (exact) mass is 254 g/mol. The molecular formula is C14H14N4O. The Hall–Kier alpha value is -2.43. The van der Waals surface area contributed by atoms with Gasteiger partial charge >= 0.3 is 0 Å². The predicted octanol–water partition coefficient (Wildman–Crippen LogP) is 1.26. The van der Waals surface area contributed by atoms with E-state index in [4.69, 9.17) is 5.73 Å². The number of benzene rings is 1. The van der Waals surface area contributed by atoms with E-state index in [-0.39, 0.29) is 5.91 Å². The van der Waals surface area contributed by atoms with E-state index < -0.39 is 0 Å². The first kappa shape index (κ1) is 11.6. The highest BCUT2D eigenvalue weighted by atomic mass is 16.2. The summed E-state index contributed by atoms with van der Waals surface area (Å²) in [6.07, 6.45) is 5.30. The molecule has 2 aromatic rings. The smallest absolute Gasteiger partial charge is 0.257 e. The second kappa shape index (κ2) is 4.68. The fourth-order valence-corrected chi connectivity index (χ4v) is 2.40. The molecule has 1 amide bonds. The number of nitrogen functional groups attached to an aromatic ring is 1. The van der Waals surface area contributed by atoms with Gasteiger partial charge in [-0.25, -0.2) is 9.97 Å². The molecule has 0 radical (unpaired) electrons. The summed E-state index contributed by atoms with van der Waals surface area (Å²) in [7, 11) is 0. The van der Waals surface area contributed by atoms with Crippen molar-refractivity contribution in [1.82, 2.24) is 14.9 Å². The molecule has 3 rings (SSSR count). The summed E-state index contributed by atoms with van der Waals surface area (Å²) in [5.74, 6) is -0.0336. The van der Waals surface area contributed by atoms with Crippen molar-refractivity contribution in [3.05, 3.63) is 53.6 Å². The van der Waals surface area contributed by atoms with Crippen LogP contribution in [-0.4, -0.2) is 27.3 Å². The lowest BCUT2D eigenvalue weighted by atomic mass is 9.97. The highest BCUT2D eigenvalue weighted by Crippen LogP contribution is 2.24. The number of nitrogens with two attached hydrogens (primary N) is 1. The molecule has 5 heteroatoms. The summed E-state index contributed by atoms with van der Waals surface area (Å²) in [6.45, 7) is 1.27. The standard InChI is InChI=1S/C14H14N4O/c15-13-3-1-2-10-8-18(5-4-12(10)13)14(19)11-6-16-9-17-7-11/h1-3,6-7,9H,4-5,8,15H2. The molecule has 2 heterocycles. The predicted molar refractivity (Wildman–Crippen MR) is 71.3 cm³/mol. The van der Waals surface area contributed by atoms with Crippen LogP contribution in [0.3, 0.4) is 0 Å². The quantitative estimate of drug-likeness (QED) is 0.777. The van der Waals surface area contributed by atoms with Crippen molar-refractivity contribution in [2.75, 3.05) is 12.3 Å². The molecule has 96 valence electrons. The maximum atomic E-state index is 12.3. The summed E-state index contributed by atoms with van der Waals surface area (Å²) in [4.78, 5) is 21.9. The normalized spacial score (nSPS) is 14.0. The van der Waals surface area contributed by atoms with Gasteiger partial charge in [0.2, 0.25) is 0 Å². The van der Waals surface area contributed by atoms with Crippen LogP contribution in [0.1, 0.15) is 21.5 Å². The van der Waals surface area contributed by atoms with Crippen LogP contribution in [0.4, 0.5) is 5.69 Å². The topological polar surface area (TPSA) is 72.1 Å². The Kier molecular flexibility index (Phi) is 2.87. The van der Waals surface area contributed by atoms with Crippen LogP contribution in [0.15, 0.2) is 36.9 Å². The van der Waals surface area contributed by atoms with E-state index in [0.29, 0.717) is 18.7 Å². The largest absolute Gasteiger partial charge is 0.398 e. The van der Waals surface area contributed by atoms with Crippen LogP contribution in [0, 0.1) is 0 Å². The number of hydrogen-bond acceptors (Lipinski definition) is 4. The van der Waals surface area contributed by atoms with Crippen molar-refractivity contribution < 1.29 is 4.79 Å². The van der Waals surface area contributed by atoms with Crippen molar-refractivity contribution >= 4 is 11.6 Å². The molecule has 2 N–H and O–H groups in total. The van der Waals surface area contributed by atoms with Gasteiger partial charge in [0.05, 0.1) is 5.56 Å². The van der Waals surface area contributed by atoms with E-state index >= 15 is 0 Å². The SMILES string of the molecule is Nc1cccc2c1CCN(C(=O)c1cncnc1)C2. The molecule has 0 aliphatic carbocycles. The number of nitrogens with zero attached hydrogens (tertiary/aromatic N) is 3. The van der Waals surface area contributed by atoms with Crippen molar-refractivity contribution in [3.63, 3.8) is 0 Å². The van der Waals surface area contributed by atoms with E-state index in [1.807, 2.05) is 18.2 Å². The number of carbonyl (C=O) groups is 1. The molecule has 1 aromatic carbocycles. The lowest BCUT2D eigenvalue weighted by Crippen LogP contribution is -2.36. The van der Waals surface area contributed by atoms with Crippen LogP contribution in [0.25, 0.3) is 0 Å². The molecule has 0 spiro atoms. The highest BCUT2D eigenvalue weighted by Gasteiger charge is 2.22. The van der Waals surface area contributed by atoms with Crippen molar-refractivity contribution in [2.45, 2.75) is 13.0 Å². The first-order valence-electron chi connectivity index (χ1n) is 6.16. The first-order valence-corrected chi connectivity index (χ1v) is 6.16. The summed E-state index contributed by atoms with van der Waals surface area (Å²) in [6, 6.07) is 5.85. The Balaban J connectivity index is 1.85. The van der Waals surface area contributed by atoms with Gasteiger partial charge in [0, 0.05) is 31.2 Å². The maximum Gasteiger partial charge on any atom is 0.257 e. The van der Waals surface area contributed by atoms with E-state index in [2.05, 4.69) is 9.97 Å². The Morgan fingerprint density at radius 3 is 2.84 bits per heavy atom. The Morgan fingerprint density at radius 2 is 2.05 bits per heavy atom. The van der Waals surface area contributed by atoms with Crippen LogP contribution in [-0.2, 0) is 13.0 Å². The van der Waals surface area contributed by atoms with Gasteiger partial charge in [-0.15, -0.1) is 0 Å². The third-order valence-electron chi connectivity index (χ3n) is 3.40. The molecule has 0 atom stereocenters. The number of hydrogen-bond donors (Lipinski definition) is 1. The van der Waals surface area contributed by atoms with Gasteiger partial charge in [-0.3, -0.25) is 4.79 Å². The van der Waals surface area contributed by atoms with Crippen molar-refractivity contribution in [3.8, 4) is 0 Å². The summed E-state index contributed by atoms with van der Waals surface area (Å²) < 4.78 is 0. The Labute approximate surface area is 111 Å². The number of fused-ring (bicyclic) bond motifs is 1. The van der Waals surface area contributed by atoms with Crippen molar-refractivity contribution in [2.24, 2.45) is 0 Å². The molecule has 1 aliphatic heterocycles. The van der Waals surface area contributed by atoms with Gasteiger partial charge in [-0.1, -0.05) is 12.1 Å². The molecule has 0 saturated carbocycles. The molecule has 5 nitrogen and oxygen atoms in total. The molecule has 1 aromatic heterocycles. The Bertz CT molecular complexity index is 612. The fraction of sp³-hybridized carbons (Fsp3) is 0.214. The molecule has 1 aliphatic rings. The molecule has 0 unspecified atom stereocenters. The van der Waals surface area contributed by atoms with Gasteiger partial charge in [0.1, 0.15) is 6.33 Å². The van der Waals surface area contributed by atoms with Crippen LogP contribution in [0.2, 0.25) is 0 Å². The van der Waals surface area contributed by atoms with Crippen LogP contribution >= 0.6 is 0 Å². The maximum absolute atomic E-state index is 12.3. The lowest BCUT2D eigenvalue weighted by molar-refractivity contribution is 0.0734. The number of rotatable bonds is 1. The average Bonchev–Trinajstić information content (AvgIpc) is 2.47. The van der Waals surface area contributed by atoms with Crippen LogP contribution in [0.5, 0.6) is 0 Å². The zero-order valence-corrected chi connectivity index (χ0v) is 10.4. The minimum atomic E-state index is -0.0336. The summed E-state index contributed by atoms with van der Waals surface area (Å²) >= 11 is 0. The van der Waals surface area contributed by atoms with Crippen molar-refractivity contribution in [1.29, 1.82) is 0 Å². The highest BCUT2D eigenvalue weighted by molar-refractivity contribution is 5.93. The molecule has 0 bridgehead atoms. The zero-order chi connectivity index (χ0) is 13.2. The van der Waals surface area contributed by atoms with Gasteiger partial charge in [-0.2, -0.15) is 0 Å². The summed E-state index contributed by atoms with van der Waals surface area (Å²) in [5, 5.41) is 0. The van der Waals surface area contributed by atoms with Crippen LogP contribution < -0.4 is 5.73 Å². The fourth-order valence-electron chi connectivity index (χ4n) is 2.40. The van der Waals surface area contributed by atoms with E-state index in [0.717, 1.165) is 23.2 Å². The van der Waals surface area contributed by atoms with E-state index in [1.165, 1.54) is 6.33 Å². The van der Waals surface area contributed by atoms with Gasteiger partial charge in [0.15, 0.2) is 0 Å². The molecule has 0 saturated heterocycles. The molecular weight excluding hydrogens is 240 g/mol. The number of carbonyl (C=O) groups excluding carboxylic acids is 1. The number of anilines is 1. The minimum absolute atomic E-state index is 0.0336. The average molecular weight is 254 g/mol. The van der Waals surface area contributed by atoms with Gasteiger partial charge in [-0.05, 0) is 23.6 Å². The molecule has 19 heavy (non-hydrogen) atoms. The van der Waals surface area contributed by atoms with Gasteiger partial charge in [0.25, 0.3) is 5.91 Å². The zero-order valence-electron chi connectivity index (χ0n) is 10.4. The lowest BCUT2D eigenvalue weighted by Gasteiger charge is -2.29. The minimum Gasteiger partial charge on any atom is -0.398 e. The van der Waals surface area contributed by atoms with Gasteiger partial charge < -0.3 is 10.6 Å². The second-order valence-electron chi connectivity index (χ2n) is 4.59. The van der Waals surface area contributed by atoms with E-state index in [9.17, 15) is 4.79 Å². The molecule has 0 fully saturated rings. The first-order chi connectivity index (χ1) is 9.25. The Morgan fingerprint density at radius 1 is 1.26 bits per heavy atom. The third-order valence-corrected chi connectivity index (χ3v) is 3.40. The number of amides is 1. The van der Waals surface area contributed by atoms with E-state index in [1.54, 1.807) is 17.3 Å². The third kappa shape index (κ3) is 2.14. The number of aromatic nitrogens is 2. The second-order valence-corrected chi connectivity index (χ2v) is 4.59. The summed E-state index contributed by atoms with van der Waals surface area (Å²) in [5.41, 5.74) is 9.57.